The number of aliphatic carboxylic acids is 1. The van der Waals surface area contributed by atoms with E-state index in [0.29, 0.717) is 0 Å². The van der Waals surface area contributed by atoms with Gasteiger partial charge in [0.15, 0.2) is 0 Å². The summed E-state index contributed by atoms with van der Waals surface area (Å²) in [5.41, 5.74) is -0.608. The van der Waals surface area contributed by atoms with Gasteiger partial charge in [0.1, 0.15) is 6.04 Å². The van der Waals surface area contributed by atoms with Gasteiger partial charge in [-0.3, -0.25) is 19.0 Å². The summed E-state index contributed by atoms with van der Waals surface area (Å²) >= 11 is 0. The number of H-pyrrole nitrogens is 1. The van der Waals surface area contributed by atoms with E-state index in [9.17, 15) is 19.2 Å². The van der Waals surface area contributed by atoms with Crippen LogP contribution in [0.15, 0.2) is 27.8 Å². The van der Waals surface area contributed by atoms with E-state index >= 15 is 0 Å². The summed E-state index contributed by atoms with van der Waals surface area (Å²) in [5, 5.41) is 11.4. The Bertz CT molecular complexity index is 865. The molecular formula is C14H15N3O5. The van der Waals surface area contributed by atoms with E-state index in [1.807, 2.05) is 0 Å². The summed E-state index contributed by atoms with van der Waals surface area (Å²) in [6.07, 6.45) is 0. The lowest BCUT2D eigenvalue weighted by atomic mass is 10.1. The molecule has 8 nitrogen and oxygen atoms in total. The van der Waals surface area contributed by atoms with E-state index in [2.05, 4.69) is 10.3 Å². The highest BCUT2D eigenvalue weighted by Gasteiger charge is 2.16. The van der Waals surface area contributed by atoms with E-state index in [-0.39, 0.29) is 23.0 Å². The van der Waals surface area contributed by atoms with Crippen molar-refractivity contribution in [3.63, 3.8) is 0 Å². The molecule has 1 atom stereocenters. The number of aromatic nitrogens is 2. The third kappa shape index (κ3) is 2.76. The zero-order valence-corrected chi connectivity index (χ0v) is 12.0. The van der Waals surface area contributed by atoms with Gasteiger partial charge in [0.25, 0.3) is 11.5 Å². The molecule has 0 unspecified atom stereocenters. The smallest absolute Gasteiger partial charge is 0.328 e. The molecule has 2 rings (SSSR count). The number of hydrogen-bond acceptors (Lipinski definition) is 4. The number of hydrogen-bond donors (Lipinski definition) is 3. The largest absolute Gasteiger partial charge is 0.480 e. The summed E-state index contributed by atoms with van der Waals surface area (Å²) in [4.78, 5) is 49.1. The molecule has 0 fully saturated rings. The van der Waals surface area contributed by atoms with Crippen molar-refractivity contribution in [3.8, 4) is 0 Å². The lowest BCUT2D eigenvalue weighted by molar-refractivity contribution is -0.138. The third-order valence-electron chi connectivity index (χ3n) is 3.28. The fraction of sp³-hybridized carbons (Fsp3) is 0.286. The van der Waals surface area contributed by atoms with Gasteiger partial charge < -0.3 is 15.4 Å². The molecule has 2 aromatic rings. The van der Waals surface area contributed by atoms with Crippen LogP contribution in [0.3, 0.4) is 0 Å². The molecule has 0 radical (unpaired) electrons. The van der Waals surface area contributed by atoms with Crippen LogP contribution in [0.4, 0.5) is 0 Å². The maximum absolute atomic E-state index is 12.1. The first-order chi connectivity index (χ1) is 10.3. The van der Waals surface area contributed by atoms with Gasteiger partial charge in [-0.2, -0.15) is 0 Å². The third-order valence-corrected chi connectivity index (χ3v) is 3.28. The van der Waals surface area contributed by atoms with Crippen molar-refractivity contribution in [2.24, 2.45) is 0 Å². The molecule has 1 heterocycles. The van der Waals surface area contributed by atoms with Gasteiger partial charge in [-0.1, -0.05) is 0 Å². The molecule has 8 heteroatoms. The molecular weight excluding hydrogens is 290 g/mol. The highest BCUT2D eigenvalue weighted by atomic mass is 16.4. The second-order valence-corrected chi connectivity index (χ2v) is 4.77. The van der Waals surface area contributed by atoms with E-state index in [1.165, 1.54) is 25.1 Å². The van der Waals surface area contributed by atoms with Crippen molar-refractivity contribution >= 4 is 22.8 Å². The first-order valence-corrected chi connectivity index (χ1v) is 6.65. The number of benzene rings is 1. The van der Waals surface area contributed by atoms with Crippen molar-refractivity contribution in [3.05, 3.63) is 44.6 Å². The predicted octanol–water partition coefficient (Wildman–Crippen LogP) is -0.0874. The molecule has 0 bridgehead atoms. The molecule has 0 aliphatic rings. The van der Waals surface area contributed by atoms with Gasteiger partial charge in [-0.05, 0) is 32.0 Å². The molecule has 1 aromatic carbocycles. The molecule has 116 valence electrons. The molecule has 0 saturated heterocycles. The fourth-order valence-corrected chi connectivity index (χ4v) is 2.02. The maximum Gasteiger partial charge on any atom is 0.328 e. The number of fused-ring (bicyclic) bond motifs is 1. The van der Waals surface area contributed by atoms with Crippen molar-refractivity contribution in [2.45, 2.75) is 26.4 Å². The molecule has 0 saturated carbocycles. The summed E-state index contributed by atoms with van der Waals surface area (Å²) in [6, 6.07) is 3.14. The van der Waals surface area contributed by atoms with E-state index < -0.39 is 29.2 Å². The van der Waals surface area contributed by atoms with Gasteiger partial charge >= 0.3 is 11.7 Å². The van der Waals surface area contributed by atoms with Gasteiger partial charge in [0.05, 0.1) is 10.9 Å². The average Bonchev–Trinajstić information content (AvgIpc) is 2.46. The minimum absolute atomic E-state index is 0.157. The van der Waals surface area contributed by atoms with Crippen LogP contribution in [-0.2, 0) is 11.3 Å². The highest BCUT2D eigenvalue weighted by Crippen LogP contribution is 2.09. The van der Waals surface area contributed by atoms with Crippen molar-refractivity contribution in [1.29, 1.82) is 0 Å². The summed E-state index contributed by atoms with van der Waals surface area (Å²) in [6.45, 7) is 3.25. The highest BCUT2D eigenvalue weighted by molar-refractivity contribution is 5.99. The predicted molar refractivity (Wildman–Crippen MR) is 79.1 cm³/mol. The first-order valence-electron chi connectivity index (χ1n) is 6.65. The molecule has 0 aliphatic carbocycles. The maximum atomic E-state index is 12.1. The summed E-state index contributed by atoms with van der Waals surface area (Å²) < 4.78 is 1.05. The van der Waals surface area contributed by atoms with Crippen LogP contribution in [0.1, 0.15) is 24.2 Å². The molecule has 1 aromatic heterocycles. The number of nitrogens with zero attached hydrogens (tertiary/aromatic N) is 1. The standard InChI is InChI=1S/C14H15N3O5/c1-3-17-12(19)9-5-4-8(6-10(9)16-14(17)22)11(18)15-7(2)13(20)21/h4-7H,3H2,1-2H3,(H,15,18)(H,16,22)(H,20,21)/t7-/m1/s1. The Kier molecular flexibility index (Phi) is 4.11. The van der Waals surface area contributed by atoms with Crippen molar-refractivity contribution < 1.29 is 14.7 Å². The molecule has 22 heavy (non-hydrogen) atoms. The Morgan fingerprint density at radius 3 is 2.64 bits per heavy atom. The second-order valence-electron chi connectivity index (χ2n) is 4.77. The number of amides is 1. The SMILES string of the molecule is CCn1c(=O)[nH]c2cc(C(=O)N[C@H](C)C(=O)O)ccc2c1=O. The molecule has 1 amide bonds. The average molecular weight is 305 g/mol. The Morgan fingerprint density at radius 1 is 1.36 bits per heavy atom. The first kappa shape index (κ1) is 15.5. The number of carboxylic acid groups (broad SMARTS) is 1. The monoisotopic (exact) mass is 305 g/mol. The minimum atomic E-state index is -1.16. The van der Waals surface area contributed by atoms with Crippen LogP contribution < -0.4 is 16.6 Å². The molecule has 0 spiro atoms. The van der Waals surface area contributed by atoms with Crippen molar-refractivity contribution in [2.75, 3.05) is 0 Å². The van der Waals surface area contributed by atoms with Gasteiger partial charge in [-0.25, -0.2) is 4.79 Å². The number of aromatic amines is 1. The number of carboxylic acids is 1. The summed E-state index contributed by atoms with van der Waals surface area (Å²) in [5.74, 6) is -1.76. The lowest BCUT2D eigenvalue weighted by Crippen LogP contribution is -2.38. The van der Waals surface area contributed by atoms with Crippen LogP contribution in [0.5, 0.6) is 0 Å². The molecule has 0 aliphatic heterocycles. The van der Waals surface area contributed by atoms with Crippen LogP contribution in [0, 0.1) is 0 Å². The second kappa shape index (κ2) is 5.84. The fourth-order valence-electron chi connectivity index (χ4n) is 2.02. The zero-order valence-electron chi connectivity index (χ0n) is 12.0. The van der Waals surface area contributed by atoms with E-state index in [4.69, 9.17) is 5.11 Å². The van der Waals surface area contributed by atoms with Gasteiger partial charge in [-0.15, -0.1) is 0 Å². The Hall–Kier alpha value is -2.90. The quantitative estimate of drug-likeness (QED) is 0.729. The van der Waals surface area contributed by atoms with Gasteiger partial charge in [0, 0.05) is 12.1 Å². The molecule has 3 N–H and O–H groups in total. The number of rotatable bonds is 4. The number of carbonyl (C=O) groups excluding carboxylic acids is 1. The van der Waals surface area contributed by atoms with Crippen LogP contribution >= 0.6 is 0 Å². The van der Waals surface area contributed by atoms with Crippen molar-refractivity contribution in [1.82, 2.24) is 14.9 Å². The van der Waals surface area contributed by atoms with Crippen LogP contribution in [0.2, 0.25) is 0 Å². The van der Waals surface area contributed by atoms with Crippen LogP contribution in [0.25, 0.3) is 10.9 Å². The number of carbonyl (C=O) groups is 2. The number of nitrogens with one attached hydrogen (secondary N) is 2. The Morgan fingerprint density at radius 2 is 2.05 bits per heavy atom. The van der Waals surface area contributed by atoms with Crippen LogP contribution in [-0.4, -0.2) is 32.6 Å². The van der Waals surface area contributed by atoms with E-state index in [0.717, 1.165) is 4.57 Å². The van der Waals surface area contributed by atoms with E-state index in [1.54, 1.807) is 6.92 Å². The van der Waals surface area contributed by atoms with Gasteiger partial charge in [0.2, 0.25) is 0 Å². The topological polar surface area (TPSA) is 121 Å². The Balaban J connectivity index is 2.48. The normalized spacial score (nSPS) is 12.1. The zero-order chi connectivity index (χ0) is 16.4. The lowest BCUT2D eigenvalue weighted by Gasteiger charge is -2.10. The minimum Gasteiger partial charge on any atom is -0.480 e. The Labute approximate surface area is 124 Å². The summed E-state index contributed by atoms with van der Waals surface area (Å²) in [7, 11) is 0.